The van der Waals surface area contributed by atoms with Gasteiger partial charge in [0.05, 0.1) is 0 Å². The van der Waals surface area contributed by atoms with E-state index in [9.17, 15) is 0 Å². The average Bonchev–Trinajstić information content (AvgIpc) is 3.01. The lowest BCUT2D eigenvalue weighted by Crippen LogP contribution is -1.90. The third-order valence-corrected chi connectivity index (χ3v) is 7.90. The predicted octanol–water partition coefficient (Wildman–Crippen LogP) is 10.7. The van der Waals surface area contributed by atoms with Crippen LogP contribution in [-0.2, 0) is 0 Å². The van der Waals surface area contributed by atoms with Crippen LogP contribution in [0.3, 0.4) is 0 Å². The highest BCUT2D eigenvalue weighted by molar-refractivity contribution is 7.98. The zero-order chi connectivity index (χ0) is 27.2. The molecule has 0 spiro atoms. The Hall–Kier alpha value is -4.40. The molecule has 0 saturated carbocycles. The van der Waals surface area contributed by atoms with Gasteiger partial charge in [0.15, 0.2) is 0 Å². The fourth-order valence-corrected chi connectivity index (χ4v) is 5.55. The molecular weight excluding hydrogens is 490 g/mol. The van der Waals surface area contributed by atoms with Crippen molar-refractivity contribution in [1.29, 1.82) is 5.41 Å². The van der Waals surface area contributed by atoms with Gasteiger partial charge in [-0.1, -0.05) is 116 Å². The fourth-order valence-electron chi connectivity index (χ4n) is 4.96. The van der Waals surface area contributed by atoms with E-state index in [2.05, 4.69) is 116 Å². The molecule has 0 aromatic heterocycles. The van der Waals surface area contributed by atoms with E-state index < -0.39 is 0 Å². The first kappa shape index (κ1) is 26.2. The molecule has 1 nitrogen and oxygen atoms in total. The summed E-state index contributed by atoms with van der Waals surface area (Å²) in [6.07, 6.45) is 7.53. The Morgan fingerprint density at radius 1 is 0.641 bits per heavy atom. The van der Waals surface area contributed by atoms with Gasteiger partial charge in [-0.3, -0.25) is 0 Å². The van der Waals surface area contributed by atoms with Gasteiger partial charge in [0, 0.05) is 11.1 Å². The molecule has 0 heterocycles. The van der Waals surface area contributed by atoms with Gasteiger partial charge in [0.2, 0.25) is 0 Å². The molecule has 0 aliphatic rings. The van der Waals surface area contributed by atoms with Crippen molar-refractivity contribution in [3.8, 4) is 44.5 Å². The molecule has 5 rings (SSSR count). The third-order valence-electron chi connectivity index (χ3n) is 7.10. The van der Waals surface area contributed by atoms with Gasteiger partial charge < -0.3 is 5.41 Å². The number of thioether (sulfide) groups is 1. The predicted molar refractivity (Wildman–Crippen MR) is 172 cm³/mol. The van der Waals surface area contributed by atoms with E-state index in [1.807, 2.05) is 31.2 Å². The zero-order valence-electron chi connectivity index (χ0n) is 22.3. The number of hydrogen-bond acceptors (Lipinski definition) is 2. The number of rotatable bonds is 8. The van der Waals surface area contributed by atoms with E-state index in [0.29, 0.717) is 0 Å². The first-order valence-corrected chi connectivity index (χ1v) is 14.3. The Morgan fingerprint density at radius 2 is 1.21 bits per heavy atom. The van der Waals surface area contributed by atoms with E-state index in [-0.39, 0.29) is 0 Å². The first-order chi connectivity index (χ1) is 19.1. The highest BCUT2D eigenvalue weighted by Crippen LogP contribution is 2.36. The summed E-state index contributed by atoms with van der Waals surface area (Å²) in [4.78, 5) is 1.21. The van der Waals surface area contributed by atoms with Gasteiger partial charge in [-0.2, -0.15) is 0 Å². The van der Waals surface area contributed by atoms with Gasteiger partial charge in [-0.15, -0.1) is 11.8 Å². The maximum Gasteiger partial charge on any atom is 0.0256 e. The minimum absolute atomic E-state index is 0.929. The molecule has 5 aromatic carbocycles. The molecule has 0 atom stereocenters. The Bertz CT molecular complexity index is 1660. The smallest absolute Gasteiger partial charge is 0.0256 e. The molecule has 0 fully saturated rings. The normalized spacial score (nSPS) is 11.3. The average molecular weight is 522 g/mol. The molecule has 0 saturated heterocycles. The van der Waals surface area contributed by atoms with Gasteiger partial charge in [0.25, 0.3) is 0 Å². The van der Waals surface area contributed by atoms with Crippen LogP contribution < -0.4 is 0 Å². The van der Waals surface area contributed by atoms with Crippen molar-refractivity contribution in [1.82, 2.24) is 0 Å². The van der Waals surface area contributed by atoms with Crippen LogP contribution in [0.1, 0.15) is 18.1 Å². The van der Waals surface area contributed by atoms with Crippen molar-refractivity contribution < 1.29 is 0 Å². The maximum absolute atomic E-state index is 7.85. The standard InChI is InChI=1S/C37H31NS/c1-4-26(5-2)31-10-8-11-32(23-31)29-17-13-27(14-18-29)28-15-19-30(20-16-28)33-21-22-37(39-3)36(24-33)35-12-7-6-9-34(35)25-38/h4-25,38H,1H2,2-3H3/b26-5+,38-25?. The lowest BCUT2D eigenvalue weighted by atomic mass is 9.94. The van der Waals surface area contributed by atoms with Gasteiger partial charge in [0.1, 0.15) is 0 Å². The molecule has 0 unspecified atom stereocenters. The van der Waals surface area contributed by atoms with Crippen molar-refractivity contribution in [3.05, 3.63) is 145 Å². The topological polar surface area (TPSA) is 23.9 Å². The zero-order valence-corrected chi connectivity index (χ0v) is 23.1. The molecule has 190 valence electrons. The SMILES string of the molecule is C=C/C(=C\C)c1cccc(-c2ccc(-c3ccc(-c4ccc(SC)c(-c5ccccc5C=N)c4)cc3)cc2)c1. The Kier molecular flexibility index (Phi) is 8.05. The van der Waals surface area contributed by atoms with Crippen molar-refractivity contribution >= 4 is 23.5 Å². The number of hydrogen-bond donors (Lipinski definition) is 1. The Labute approximate surface area is 236 Å². The highest BCUT2D eigenvalue weighted by Gasteiger charge is 2.11. The fraction of sp³-hybridized carbons (Fsp3) is 0.0541. The minimum Gasteiger partial charge on any atom is -0.308 e. The Balaban J connectivity index is 1.41. The second kappa shape index (κ2) is 12.0. The third kappa shape index (κ3) is 5.57. The molecule has 0 aliphatic carbocycles. The van der Waals surface area contributed by atoms with E-state index in [0.717, 1.165) is 22.3 Å². The summed E-state index contributed by atoms with van der Waals surface area (Å²) in [5, 5.41) is 7.85. The molecule has 0 amide bonds. The van der Waals surface area contributed by atoms with Crippen LogP contribution in [0.15, 0.2) is 139 Å². The monoisotopic (exact) mass is 521 g/mol. The van der Waals surface area contributed by atoms with E-state index in [1.54, 1.807) is 11.8 Å². The number of nitrogens with one attached hydrogen (secondary N) is 1. The highest BCUT2D eigenvalue weighted by atomic mass is 32.2. The summed E-state index contributed by atoms with van der Waals surface area (Å²) in [5.74, 6) is 0. The molecule has 0 radical (unpaired) electrons. The van der Waals surface area contributed by atoms with Crippen LogP contribution in [0.25, 0.3) is 50.1 Å². The van der Waals surface area contributed by atoms with Crippen molar-refractivity contribution in [3.63, 3.8) is 0 Å². The van der Waals surface area contributed by atoms with Crippen LogP contribution >= 0.6 is 11.8 Å². The lowest BCUT2D eigenvalue weighted by Gasteiger charge is -2.13. The van der Waals surface area contributed by atoms with Crippen molar-refractivity contribution in [2.75, 3.05) is 6.26 Å². The minimum atomic E-state index is 0.929. The summed E-state index contributed by atoms with van der Waals surface area (Å²) in [6.45, 7) is 5.98. The van der Waals surface area contributed by atoms with Crippen molar-refractivity contribution in [2.24, 2.45) is 0 Å². The molecular formula is C37H31NS. The van der Waals surface area contributed by atoms with Crippen molar-refractivity contribution in [2.45, 2.75) is 11.8 Å². The van der Waals surface area contributed by atoms with Crippen LogP contribution in [0.2, 0.25) is 0 Å². The van der Waals surface area contributed by atoms with Crippen LogP contribution in [-0.4, -0.2) is 12.5 Å². The van der Waals surface area contributed by atoms with Gasteiger partial charge in [-0.05, 0) is 92.6 Å². The molecule has 2 heteroatoms. The van der Waals surface area contributed by atoms with E-state index >= 15 is 0 Å². The first-order valence-electron chi connectivity index (χ1n) is 13.0. The Morgan fingerprint density at radius 3 is 1.77 bits per heavy atom. The number of allylic oxidation sites excluding steroid dienone is 3. The largest absolute Gasteiger partial charge is 0.308 e. The maximum atomic E-state index is 7.85. The lowest BCUT2D eigenvalue weighted by molar-refractivity contribution is 1.43. The molecule has 0 bridgehead atoms. The van der Waals surface area contributed by atoms with Gasteiger partial charge >= 0.3 is 0 Å². The van der Waals surface area contributed by atoms with E-state index in [4.69, 9.17) is 5.41 Å². The second-order valence-corrected chi connectivity index (χ2v) is 10.2. The summed E-state index contributed by atoms with van der Waals surface area (Å²) in [5.41, 5.74) is 12.6. The summed E-state index contributed by atoms with van der Waals surface area (Å²) in [6, 6.07) is 40.9. The summed E-state index contributed by atoms with van der Waals surface area (Å²) in [7, 11) is 0. The van der Waals surface area contributed by atoms with Gasteiger partial charge in [-0.25, -0.2) is 0 Å². The quantitative estimate of drug-likeness (QED) is 0.123. The molecule has 39 heavy (non-hydrogen) atoms. The molecule has 1 N–H and O–H groups in total. The molecule has 5 aromatic rings. The number of benzene rings is 5. The van der Waals surface area contributed by atoms with Crippen LogP contribution in [0, 0.1) is 5.41 Å². The second-order valence-electron chi connectivity index (χ2n) is 9.33. The molecule has 0 aliphatic heterocycles. The summed E-state index contributed by atoms with van der Waals surface area (Å²) >= 11 is 1.73. The van der Waals surface area contributed by atoms with Crippen LogP contribution in [0.5, 0.6) is 0 Å². The van der Waals surface area contributed by atoms with Crippen LogP contribution in [0.4, 0.5) is 0 Å². The summed E-state index contributed by atoms with van der Waals surface area (Å²) < 4.78 is 0. The van der Waals surface area contributed by atoms with E-state index in [1.165, 1.54) is 50.1 Å².